The Morgan fingerprint density at radius 3 is 2.38 bits per heavy atom. The molecule has 0 atom stereocenters. The Morgan fingerprint density at radius 1 is 1.08 bits per heavy atom. The highest BCUT2D eigenvalue weighted by molar-refractivity contribution is 7.80. The van der Waals surface area contributed by atoms with E-state index in [1.165, 1.54) is 24.3 Å². The van der Waals surface area contributed by atoms with Crippen LogP contribution in [0.5, 0.6) is 5.75 Å². The van der Waals surface area contributed by atoms with Crippen LogP contribution < -0.4 is 15.4 Å². The maximum absolute atomic E-state index is 12.8. The van der Waals surface area contributed by atoms with Crippen LogP contribution >= 0.6 is 12.2 Å². The molecule has 0 unspecified atom stereocenters. The molecule has 2 N–H and O–H groups in total. The molecule has 0 bridgehead atoms. The fourth-order valence-corrected chi connectivity index (χ4v) is 2.03. The maximum Gasteiger partial charge on any atom is 0.257 e. The number of ether oxygens (including phenoxy) is 2. The summed E-state index contributed by atoms with van der Waals surface area (Å²) in [5.41, 5.74) is 1.03. The summed E-state index contributed by atoms with van der Waals surface area (Å²) in [5.74, 6) is -0.106. The highest BCUT2D eigenvalue weighted by atomic mass is 32.1. The molecule has 0 aliphatic rings. The SMILES string of the molecule is COCCOc1ccc(NC(=S)NC(=O)c2ccc(F)cc2)cc1. The molecular weight excluding hydrogens is 331 g/mol. The van der Waals surface area contributed by atoms with Crippen molar-refractivity contribution in [2.75, 3.05) is 25.6 Å². The second-order valence-electron chi connectivity index (χ2n) is 4.78. The average molecular weight is 348 g/mol. The Balaban J connectivity index is 1.85. The number of rotatable bonds is 6. The molecule has 0 aromatic heterocycles. The molecule has 2 rings (SSSR count). The van der Waals surface area contributed by atoms with Gasteiger partial charge in [-0.1, -0.05) is 0 Å². The van der Waals surface area contributed by atoms with Crippen LogP contribution in [0.3, 0.4) is 0 Å². The van der Waals surface area contributed by atoms with E-state index in [0.29, 0.717) is 30.2 Å². The van der Waals surface area contributed by atoms with Crippen LogP contribution in [0.25, 0.3) is 0 Å². The number of nitrogens with one attached hydrogen (secondary N) is 2. The Kier molecular flexibility index (Phi) is 6.65. The monoisotopic (exact) mass is 348 g/mol. The fourth-order valence-electron chi connectivity index (χ4n) is 1.82. The summed E-state index contributed by atoms with van der Waals surface area (Å²) in [6.45, 7) is 0.981. The van der Waals surface area contributed by atoms with Gasteiger partial charge in [0.2, 0.25) is 0 Å². The number of methoxy groups -OCH3 is 1. The van der Waals surface area contributed by atoms with Crippen molar-refractivity contribution in [1.82, 2.24) is 5.32 Å². The Bertz CT molecular complexity index is 690. The third-order valence-corrected chi connectivity index (χ3v) is 3.21. The van der Waals surface area contributed by atoms with Crippen LogP contribution in [0.1, 0.15) is 10.4 Å². The van der Waals surface area contributed by atoms with Crippen LogP contribution in [-0.2, 0) is 4.74 Å². The summed E-state index contributed by atoms with van der Waals surface area (Å²) >= 11 is 5.09. The molecule has 0 aliphatic carbocycles. The summed E-state index contributed by atoms with van der Waals surface area (Å²) < 4.78 is 23.2. The number of hydrogen-bond acceptors (Lipinski definition) is 4. The minimum absolute atomic E-state index is 0.150. The smallest absolute Gasteiger partial charge is 0.257 e. The molecular formula is C17H17FN2O3S. The lowest BCUT2D eigenvalue weighted by Crippen LogP contribution is -2.34. The first-order chi connectivity index (χ1) is 11.6. The van der Waals surface area contributed by atoms with Crippen molar-refractivity contribution in [3.63, 3.8) is 0 Å². The zero-order valence-electron chi connectivity index (χ0n) is 13.0. The van der Waals surface area contributed by atoms with Gasteiger partial charge < -0.3 is 14.8 Å². The fraction of sp³-hybridized carbons (Fsp3) is 0.176. The summed E-state index contributed by atoms with van der Waals surface area (Å²) in [4.78, 5) is 12.0. The highest BCUT2D eigenvalue weighted by Crippen LogP contribution is 2.15. The molecule has 0 heterocycles. The molecule has 0 saturated heterocycles. The second-order valence-corrected chi connectivity index (χ2v) is 5.19. The van der Waals surface area contributed by atoms with Gasteiger partial charge in [-0.25, -0.2) is 4.39 Å². The number of amides is 1. The van der Waals surface area contributed by atoms with Crippen molar-refractivity contribution < 1.29 is 18.7 Å². The van der Waals surface area contributed by atoms with E-state index in [-0.39, 0.29) is 5.11 Å². The Labute approximate surface area is 144 Å². The number of carbonyl (C=O) groups is 1. The van der Waals surface area contributed by atoms with Gasteiger partial charge in [0.05, 0.1) is 6.61 Å². The Hall–Kier alpha value is -2.51. The lowest BCUT2D eigenvalue weighted by molar-refractivity contribution is 0.0977. The van der Waals surface area contributed by atoms with Crippen LogP contribution in [0.15, 0.2) is 48.5 Å². The number of hydrogen-bond donors (Lipinski definition) is 2. The average Bonchev–Trinajstić information content (AvgIpc) is 2.57. The van der Waals surface area contributed by atoms with E-state index in [0.717, 1.165) is 0 Å². The van der Waals surface area contributed by atoms with Crippen molar-refractivity contribution in [3.05, 3.63) is 59.9 Å². The van der Waals surface area contributed by atoms with Gasteiger partial charge in [-0.3, -0.25) is 10.1 Å². The van der Waals surface area contributed by atoms with E-state index in [4.69, 9.17) is 21.7 Å². The first kappa shape index (κ1) is 17.8. The van der Waals surface area contributed by atoms with Gasteiger partial charge in [-0.15, -0.1) is 0 Å². The lowest BCUT2D eigenvalue weighted by Gasteiger charge is -2.11. The lowest BCUT2D eigenvalue weighted by atomic mass is 10.2. The van der Waals surface area contributed by atoms with Crippen LogP contribution in [0.2, 0.25) is 0 Å². The minimum atomic E-state index is -0.410. The van der Waals surface area contributed by atoms with Crippen molar-refractivity contribution >= 4 is 28.9 Å². The molecule has 7 heteroatoms. The normalized spacial score (nSPS) is 10.1. The summed E-state index contributed by atoms with van der Waals surface area (Å²) in [6.07, 6.45) is 0. The van der Waals surface area contributed by atoms with E-state index in [9.17, 15) is 9.18 Å². The molecule has 126 valence electrons. The topological polar surface area (TPSA) is 59.6 Å². The van der Waals surface area contributed by atoms with E-state index in [1.807, 2.05) is 0 Å². The third kappa shape index (κ3) is 5.60. The standard InChI is InChI=1S/C17H17FN2O3S/c1-22-10-11-23-15-8-6-14(7-9-15)19-17(24)20-16(21)12-2-4-13(18)5-3-12/h2-9H,10-11H2,1H3,(H2,19,20,21,24). The first-order valence-electron chi connectivity index (χ1n) is 7.18. The Morgan fingerprint density at radius 2 is 1.75 bits per heavy atom. The van der Waals surface area contributed by atoms with E-state index in [2.05, 4.69) is 10.6 Å². The predicted octanol–water partition coefficient (Wildman–Crippen LogP) is 2.98. The number of benzene rings is 2. The van der Waals surface area contributed by atoms with E-state index in [1.54, 1.807) is 31.4 Å². The maximum atomic E-state index is 12.8. The van der Waals surface area contributed by atoms with Crippen molar-refractivity contribution in [2.45, 2.75) is 0 Å². The van der Waals surface area contributed by atoms with Gasteiger partial charge >= 0.3 is 0 Å². The quantitative estimate of drug-likeness (QED) is 0.621. The molecule has 0 radical (unpaired) electrons. The van der Waals surface area contributed by atoms with Gasteiger partial charge in [-0.05, 0) is 60.7 Å². The van der Waals surface area contributed by atoms with E-state index >= 15 is 0 Å². The third-order valence-electron chi connectivity index (χ3n) is 3.00. The molecule has 0 spiro atoms. The molecule has 2 aromatic carbocycles. The molecule has 2 aromatic rings. The first-order valence-corrected chi connectivity index (χ1v) is 7.59. The molecule has 1 amide bonds. The molecule has 0 fully saturated rings. The molecule has 24 heavy (non-hydrogen) atoms. The minimum Gasteiger partial charge on any atom is -0.491 e. The van der Waals surface area contributed by atoms with Crippen molar-refractivity contribution in [2.24, 2.45) is 0 Å². The summed E-state index contributed by atoms with van der Waals surface area (Å²) in [6, 6.07) is 12.3. The number of thiocarbonyl (C=S) groups is 1. The predicted molar refractivity (Wildman–Crippen MR) is 93.9 cm³/mol. The van der Waals surface area contributed by atoms with Crippen molar-refractivity contribution in [3.8, 4) is 5.75 Å². The number of halogens is 1. The summed E-state index contributed by atoms with van der Waals surface area (Å²) in [5, 5.41) is 5.58. The van der Waals surface area contributed by atoms with E-state index < -0.39 is 11.7 Å². The van der Waals surface area contributed by atoms with Crippen molar-refractivity contribution in [1.29, 1.82) is 0 Å². The van der Waals surface area contributed by atoms with Gasteiger partial charge in [0.15, 0.2) is 5.11 Å². The summed E-state index contributed by atoms with van der Waals surface area (Å²) in [7, 11) is 1.61. The molecule has 0 saturated carbocycles. The number of anilines is 1. The van der Waals surface area contributed by atoms with Gasteiger partial charge in [0.1, 0.15) is 18.2 Å². The van der Waals surface area contributed by atoms with Crippen LogP contribution in [0.4, 0.5) is 10.1 Å². The van der Waals surface area contributed by atoms with Gasteiger partial charge in [-0.2, -0.15) is 0 Å². The van der Waals surface area contributed by atoms with Crippen LogP contribution in [-0.4, -0.2) is 31.3 Å². The zero-order valence-corrected chi connectivity index (χ0v) is 13.9. The molecule has 5 nitrogen and oxygen atoms in total. The largest absolute Gasteiger partial charge is 0.491 e. The number of carbonyl (C=O) groups excluding carboxylic acids is 1. The zero-order chi connectivity index (χ0) is 17.4. The molecule has 0 aliphatic heterocycles. The van der Waals surface area contributed by atoms with Crippen LogP contribution in [0, 0.1) is 5.82 Å². The highest BCUT2D eigenvalue weighted by Gasteiger charge is 2.08. The van der Waals surface area contributed by atoms with Gasteiger partial charge in [0.25, 0.3) is 5.91 Å². The van der Waals surface area contributed by atoms with Gasteiger partial charge in [0, 0.05) is 18.4 Å². The second kappa shape index (κ2) is 8.95.